The van der Waals surface area contributed by atoms with Gasteiger partial charge in [0.15, 0.2) is 0 Å². The molecule has 0 saturated carbocycles. The van der Waals surface area contributed by atoms with Gasteiger partial charge in [-0.25, -0.2) is 9.59 Å². The number of hydrogen-bond acceptors (Lipinski definition) is 5. The fourth-order valence-electron chi connectivity index (χ4n) is 3.22. The number of aromatic nitrogens is 1. The molecule has 1 aromatic heterocycles. The third kappa shape index (κ3) is 7.64. The maximum Gasteiger partial charge on any atom is 0.412 e. The number of ether oxygens (including phenoxy) is 2. The first-order valence-corrected chi connectivity index (χ1v) is 11.1. The van der Waals surface area contributed by atoms with E-state index < -0.39 is 12.2 Å². The molecule has 7 heteroatoms. The van der Waals surface area contributed by atoms with Crippen molar-refractivity contribution in [3.63, 3.8) is 0 Å². The number of carbonyl (C=O) groups excluding carboxylic acids is 2. The van der Waals surface area contributed by atoms with Crippen molar-refractivity contribution in [3.8, 4) is 16.9 Å². The number of carbonyl (C=O) groups is 2. The Morgan fingerprint density at radius 1 is 0.879 bits per heavy atom. The second kappa shape index (κ2) is 12.9. The highest BCUT2D eigenvalue weighted by Crippen LogP contribution is 2.32. The number of alkyl carbamates (subject to hydrolysis) is 1. The van der Waals surface area contributed by atoms with Crippen molar-refractivity contribution in [2.75, 3.05) is 13.2 Å². The van der Waals surface area contributed by atoms with Crippen LogP contribution in [-0.4, -0.2) is 30.3 Å². The number of unbranched alkanes of at least 4 members (excludes halogenated alkanes) is 1. The predicted molar refractivity (Wildman–Crippen MR) is 127 cm³/mol. The summed E-state index contributed by atoms with van der Waals surface area (Å²) in [6.07, 6.45) is 3.15. The molecule has 0 radical (unpaired) electrons. The Kier molecular flexibility index (Phi) is 9.27. The summed E-state index contributed by atoms with van der Waals surface area (Å²) in [6.45, 7) is 3.15. The zero-order valence-electron chi connectivity index (χ0n) is 18.8. The monoisotopic (exact) mass is 447 g/mol. The lowest BCUT2D eigenvalue weighted by Gasteiger charge is -2.15. The molecule has 172 valence electrons. The van der Waals surface area contributed by atoms with Gasteiger partial charge < -0.3 is 20.1 Å². The summed E-state index contributed by atoms with van der Waals surface area (Å²) in [5.74, 6) is 0.436. The molecular formula is C26H29N3O4. The summed E-state index contributed by atoms with van der Waals surface area (Å²) < 4.78 is 10.8. The number of rotatable bonds is 10. The fourth-order valence-corrected chi connectivity index (χ4v) is 3.22. The second-order valence-corrected chi connectivity index (χ2v) is 7.38. The highest BCUT2D eigenvalue weighted by molar-refractivity contribution is 5.78. The SMILES string of the molecule is CCCCOC(=O)NCc1ccccc1-c1ccccc1OC(=O)NCCc1ccccn1. The molecule has 3 rings (SSSR count). The maximum atomic E-state index is 12.4. The molecular weight excluding hydrogens is 418 g/mol. The lowest BCUT2D eigenvalue weighted by molar-refractivity contribution is 0.144. The van der Waals surface area contributed by atoms with Crippen molar-refractivity contribution in [2.45, 2.75) is 32.7 Å². The van der Waals surface area contributed by atoms with Crippen molar-refractivity contribution >= 4 is 12.2 Å². The Labute approximate surface area is 194 Å². The van der Waals surface area contributed by atoms with Gasteiger partial charge in [0.2, 0.25) is 0 Å². The molecule has 7 nitrogen and oxygen atoms in total. The standard InChI is InChI=1S/C26H29N3O4/c1-2-3-18-32-25(30)29-19-20-10-4-5-12-22(20)23-13-6-7-14-24(23)33-26(31)28-17-15-21-11-8-9-16-27-21/h4-14,16H,2-3,15,17-19H2,1H3,(H,28,31)(H,29,30). The zero-order chi connectivity index (χ0) is 23.3. The van der Waals surface area contributed by atoms with E-state index in [1.54, 1.807) is 12.3 Å². The largest absolute Gasteiger partial charge is 0.450 e. The number of nitrogens with one attached hydrogen (secondary N) is 2. The second-order valence-electron chi connectivity index (χ2n) is 7.38. The van der Waals surface area contributed by atoms with Crippen LogP contribution in [0.3, 0.4) is 0 Å². The van der Waals surface area contributed by atoms with E-state index in [4.69, 9.17) is 9.47 Å². The number of pyridine rings is 1. The Morgan fingerprint density at radius 3 is 2.42 bits per heavy atom. The number of para-hydroxylation sites is 1. The van der Waals surface area contributed by atoms with Gasteiger partial charge in [0.1, 0.15) is 5.75 Å². The van der Waals surface area contributed by atoms with Gasteiger partial charge in [-0.05, 0) is 35.7 Å². The average molecular weight is 448 g/mol. The van der Waals surface area contributed by atoms with Gasteiger partial charge in [-0.1, -0.05) is 61.9 Å². The van der Waals surface area contributed by atoms with Crippen molar-refractivity contribution < 1.29 is 19.1 Å². The van der Waals surface area contributed by atoms with Crippen LogP contribution in [0.5, 0.6) is 5.75 Å². The first-order valence-electron chi connectivity index (χ1n) is 11.1. The highest BCUT2D eigenvalue weighted by Gasteiger charge is 2.14. The van der Waals surface area contributed by atoms with E-state index in [0.717, 1.165) is 35.2 Å². The molecule has 0 saturated heterocycles. The Morgan fingerprint density at radius 2 is 1.64 bits per heavy atom. The van der Waals surface area contributed by atoms with Gasteiger partial charge in [0.25, 0.3) is 0 Å². The minimum Gasteiger partial charge on any atom is -0.450 e. The van der Waals surface area contributed by atoms with E-state index in [1.165, 1.54) is 0 Å². The van der Waals surface area contributed by atoms with Crippen LogP contribution in [0.4, 0.5) is 9.59 Å². The van der Waals surface area contributed by atoms with Crippen LogP contribution in [-0.2, 0) is 17.7 Å². The van der Waals surface area contributed by atoms with E-state index in [-0.39, 0.29) is 0 Å². The van der Waals surface area contributed by atoms with E-state index in [2.05, 4.69) is 15.6 Å². The molecule has 0 aliphatic carbocycles. The van der Waals surface area contributed by atoms with Crippen LogP contribution in [0.25, 0.3) is 11.1 Å². The molecule has 0 aliphatic heterocycles. The fraction of sp³-hybridized carbons (Fsp3) is 0.269. The number of hydrogen-bond donors (Lipinski definition) is 2. The first kappa shape index (κ1) is 23.8. The molecule has 0 spiro atoms. The van der Waals surface area contributed by atoms with Crippen molar-refractivity contribution in [1.29, 1.82) is 0 Å². The van der Waals surface area contributed by atoms with Crippen LogP contribution in [0.15, 0.2) is 72.9 Å². The van der Waals surface area contributed by atoms with E-state index in [1.807, 2.05) is 67.6 Å². The molecule has 2 N–H and O–H groups in total. The molecule has 1 heterocycles. The van der Waals surface area contributed by atoms with Gasteiger partial charge in [0, 0.05) is 37.0 Å². The summed E-state index contributed by atoms with van der Waals surface area (Å²) >= 11 is 0. The lowest BCUT2D eigenvalue weighted by Crippen LogP contribution is -2.29. The summed E-state index contributed by atoms with van der Waals surface area (Å²) in [4.78, 5) is 28.6. The zero-order valence-corrected chi connectivity index (χ0v) is 18.8. The topological polar surface area (TPSA) is 89.5 Å². The third-order valence-electron chi connectivity index (χ3n) is 4.93. The van der Waals surface area contributed by atoms with Gasteiger partial charge in [-0.15, -0.1) is 0 Å². The summed E-state index contributed by atoms with van der Waals surface area (Å²) in [6, 6.07) is 20.7. The van der Waals surface area contributed by atoms with Gasteiger partial charge >= 0.3 is 12.2 Å². The minimum absolute atomic E-state index is 0.297. The molecule has 2 amide bonds. The summed E-state index contributed by atoms with van der Waals surface area (Å²) in [5, 5.41) is 5.55. The van der Waals surface area contributed by atoms with Gasteiger partial charge in [-0.3, -0.25) is 4.98 Å². The van der Waals surface area contributed by atoms with Crippen LogP contribution in [0.1, 0.15) is 31.0 Å². The Hall–Kier alpha value is -3.87. The molecule has 0 fully saturated rings. The third-order valence-corrected chi connectivity index (χ3v) is 4.93. The smallest absolute Gasteiger partial charge is 0.412 e. The number of benzene rings is 2. The average Bonchev–Trinajstić information content (AvgIpc) is 2.84. The Balaban J connectivity index is 1.63. The highest BCUT2D eigenvalue weighted by atomic mass is 16.6. The predicted octanol–water partition coefficient (Wildman–Crippen LogP) is 5.11. The lowest BCUT2D eigenvalue weighted by atomic mass is 9.99. The van der Waals surface area contributed by atoms with E-state index in [9.17, 15) is 9.59 Å². The van der Waals surface area contributed by atoms with Crippen LogP contribution >= 0.6 is 0 Å². The molecule has 0 aliphatic rings. The van der Waals surface area contributed by atoms with Crippen LogP contribution in [0, 0.1) is 0 Å². The number of nitrogens with zero attached hydrogens (tertiary/aromatic N) is 1. The number of amides is 2. The molecule has 0 atom stereocenters. The summed E-state index contributed by atoms with van der Waals surface area (Å²) in [7, 11) is 0. The Bertz CT molecular complexity index is 1040. The first-order chi connectivity index (χ1) is 16.2. The quantitative estimate of drug-likeness (QED) is 0.422. The molecule has 33 heavy (non-hydrogen) atoms. The molecule has 0 bridgehead atoms. The van der Waals surface area contributed by atoms with Gasteiger partial charge in [-0.2, -0.15) is 0 Å². The molecule has 0 unspecified atom stereocenters. The normalized spacial score (nSPS) is 10.3. The van der Waals surface area contributed by atoms with Crippen molar-refractivity contribution in [3.05, 3.63) is 84.2 Å². The summed E-state index contributed by atoms with van der Waals surface area (Å²) in [5.41, 5.74) is 3.40. The maximum absolute atomic E-state index is 12.4. The van der Waals surface area contributed by atoms with E-state index in [0.29, 0.717) is 31.9 Å². The van der Waals surface area contributed by atoms with E-state index >= 15 is 0 Å². The van der Waals surface area contributed by atoms with Crippen molar-refractivity contribution in [2.24, 2.45) is 0 Å². The molecule has 3 aromatic rings. The molecule has 2 aromatic carbocycles. The minimum atomic E-state index is -0.534. The van der Waals surface area contributed by atoms with Crippen LogP contribution < -0.4 is 15.4 Å². The van der Waals surface area contributed by atoms with Crippen molar-refractivity contribution in [1.82, 2.24) is 15.6 Å². The van der Waals surface area contributed by atoms with Crippen LogP contribution in [0.2, 0.25) is 0 Å². The van der Waals surface area contributed by atoms with Gasteiger partial charge in [0.05, 0.1) is 6.61 Å².